The molecule has 0 bridgehead atoms. The molecule has 0 amide bonds. The van der Waals surface area contributed by atoms with E-state index in [0.29, 0.717) is 0 Å². The Hall–Kier alpha value is -1.68. The van der Waals surface area contributed by atoms with Crippen molar-refractivity contribution in [1.82, 2.24) is 15.0 Å². The summed E-state index contributed by atoms with van der Waals surface area (Å²) in [5.74, 6) is 0. The molecule has 0 unspecified atom stereocenters. The van der Waals surface area contributed by atoms with Gasteiger partial charge in [-0.1, -0.05) is 62.4 Å². The van der Waals surface area contributed by atoms with Gasteiger partial charge in [0, 0.05) is 6.54 Å². The smallest absolute Gasteiger partial charge is 0.127 e. The summed E-state index contributed by atoms with van der Waals surface area (Å²) in [6, 6.07) is 14.6. The predicted octanol–water partition coefficient (Wildman–Crippen LogP) is 4.91. The van der Waals surface area contributed by atoms with Crippen LogP contribution >= 0.6 is 15.9 Å². The minimum absolute atomic E-state index is 0.172. The summed E-state index contributed by atoms with van der Waals surface area (Å²) in [7, 11) is 0. The Balaban J connectivity index is 2.11. The highest BCUT2D eigenvalue weighted by Gasteiger charge is 2.17. The van der Waals surface area contributed by atoms with Crippen molar-refractivity contribution < 1.29 is 0 Å². The number of aromatic nitrogens is 3. The third kappa shape index (κ3) is 2.86. The fraction of sp³-hybridized carbons (Fsp3) is 0.294. The third-order valence-corrected chi connectivity index (χ3v) is 4.14. The molecule has 0 fully saturated rings. The summed E-state index contributed by atoms with van der Waals surface area (Å²) in [6.45, 7) is 7.45. The van der Waals surface area contributed by atoms with Crippen LogP contribution in [0.15, 0.2) is 46.9 Å². The molecule has 0 spiro atoms. The van der Waals surface area contributed by atoms with E-state index in [1.807, 2.05) is 22.9 Å². The van der Waals surface area contributed by atoms with Gasteiger partial charge in [0.05, 0.1) is 9.99 Å². The first-order valence-corrected chi connectivity index (χ1v) is 7.82. The SMILES string of the molecule is CC(C)(C)Cn1nnc2c(Br)c(-c3ccccc3)ccc21. The van der Waals surface area contributed by atoms with Crippen LogP contribution in [0.3, 0.4) is 0 Å². The Bertz CT molecular complexity index is 770. The summed E-state index contributed by atoms with van der Waals surface area (Å²) >= 11 is 3.70. The van der Waals surface area contributed by atoms with Crippen LogP contribution in [0.4, 0.5) is 0 Å². The molecular weight excluding hydrogens is 326 g/mol. The van der Waals surface area contributed by atoms with Crippen molar-refractivity contribution in [3.05, 3.63) is 46.9 Å². The van der Waals surface area contributed by atoms with Crippen LogP contribution < -0.4 is 0 Å². The number of nitrogens with zero attached hydrogens (tertiary/aromatic N) is 3. The van der Waals surface area contributed by atoms with Crippen LogP contribution in [0.25, 0.3) is 22.2 Å². The number of hydrogen-bond donors (Lipinski definition) is 0. The summed E-state index contributed by atoms with van der Waals surface area (Å²) in [5.41, 5.74) is 4.48. The summed E-state index contributed by atoms with van der Waals surface area (Å²) in [6.07, 6.45) is 0. The molecule has 21 heavy (non-hydrogen) atoms. The first-order chi connectivity index (χ1) is 9.96. The second-order valence-corrected chi connectivity index (χ2v) is 7.26. The van der Waals surface area contributed by atoms with Gasteiger partial charge in [0.25, 0.3) is 0 Å². The van der Waals surface area contributed by atoms with Gasteiger partial charge in [0.15, 0.2) is 0 Å². The quantitative estimate of drug-likeness (QED) is 0.661. The van der Waals surface area contributed by atoms with Gasteiger partial charge in [0.1, 0.15) is 5.52 Å². The van der Waals surface area contributed by atoms with Crippen molar-refractivity contribution in [1.29, 1.82) is 0 Å². The van der Waals surface area contributed by atoms with Gasteiger partial charge in [-0.05, 0) is 38.5 Å². The van der Waals surface area contributed by atoms with Crippen LogP contribution in [0.2, 0.25) is 0 Å². The van der Waals surface area contributed by atoms with Gasteiger partial charge in [-0.25, -0.2) is 4.68 Å². The van der Waals surface area contributed by atoms with Gasteiger partial charge < -0.3 is 0 Å². The molecule has 0 saturated heterocycles. The lowest BCUT2D eigenvalue weighted by atomic mass is 9.97. The molecular formula is C17H18BrN3. The number of fused-ring (bicyclic) bond motifs is 1. The molecule has 3 rings (SSSR count). The highest BCUT2D eigenvalue weighted by molar-refractivity contribution is 9.10. The van der Waals surface area contributed by atoms with Gasteiger partial charge in [-0.2, -0.15) is 0 Å². The maximum atomic E-state index is 4.35. The zero-order valence-corrected chi connectivity index (χ0v) is 14.1. The molecule has 0 aliphatic heterocycles. The lowest BCUT2D eigenvalue weighted by Gasteiger charge is -2.18. The highest BCUT2D eigenvalue weighted by Crippen LogP contribution is 2.34. The minimum Gasteiger partial charge on any atom is -0.244 e. The van der Waals surface area contributed by atoms with Gasteiger partial charge in [-0.15, -0.1) is 5.10 Å². The molecule has 1 aromatic heterocycles. The first-order valence-electron chi connectivity index (χ1n) is 7.03. The van der Waals surface area contributed by atoms with Crippen LogP contribution in [0, 0.1) is 5.41 Å². The molecule has 0 saturated carbocycles. The molecule has 3 nitrogen and oxygen atoms in total. The van der Waals surface area contributed by atoms with Crippen molar-refractivity contribution in [2.75, 3.05) is 0 Å². The third-order valence-electron chi connectivity index (χ3n) is 3.33. The van der Waals surface area contributed by atoms with E-state index < -0.39 is 0 Å². The van der Waals surface area contributed by atoms with Gasteiger partial charge in [0.2, 0.25) is 0 Å². The van der Waals surface area contributed by atoms with E-state index in [1.165, 1.54) is 5.56 Å². The first kappa shape index (κ1) is 14.3. The maximum Gasteiger partial charge on any atom is 0.127 e. The van der Waals surface area contributed by atoms with E-state index in [2.05, 4.69) is 71.3 Å². The molecule has 108 valence electrons. The van der Waals surface area contributed by atoms with Crippen LogP contribution in [-0.4, -0.2) is 15.0 Å². The number of rotatable bonds is 2. The zero-order chi connectivity index (χ0) is 15.0. The van der Waals surface area contributed by atoms with Crippen molar-refractivity contribution >= 4 is 27.0 Å². The molecule has 0 aliphatic carbocycles. The van der Waals surface area contributed by atoms with E-state index in [9.17, 15) is 0 Å². The Morgan fingerprint density at radius 1 is 1.05 bits per heavy atom. The largest absolute Gasteiger partial charge is 0.244 e. The van der Waals surface area contributed by atoms with E-state index >= 15 is 0 Å². The fourth-order valence-corrected chi connectivity index (χ4v) is 3.05. The summed E-state index contributed by atoms with van der Waals surface area (Å²) in [5, 5.41) is 8.67. The second kappa shape index (κ2) is 5.26. The molecule has 3 aromatic rings. The Kier molecular flexibility index (Phi) is 3.57. The topological polar surface area (TPSA) is 30.7 Å². The molecule has 0 radical (unpaired) electrons. The van der Waals surface area contributed by atoms with Gasteiger partial charge >= 0.3 is 0 Å². The van der Waals surface area contributed by atoms with Crippen molar-refractivity contribution in [2.45, 2.75) is 27.3 Å². The molecule has 0 aliphatic rings. The van der Waals surface area contributed by atoms with Crippen LogP contribution in [0.5, 0.6) is 0 Å². The monoisotopic (exact) mass is 343 g/mol. The average Bonchev–Trinajstić information content (AvgIpc) is 2.82. The zero-order valence-electron chi connectivity index (χ0n) is 12.5. The highest BCUT2D eigenvalue weighted by atomic mass is 79.9. The minimum atomic E-state index is 0.172. The average molecular weight is 344 g/mol. The fourth-order valence-electron chi connectivity index (χ4n) is 2.41. The molecule has 0 atom stereocenters. The Morgan fingerprint density at radius 2 is 1.76 bits per heavy atom. The number of benzene rings is 2. The summed E-state index contributed by atoms with van der Waals surface area (Å²) < 4.78 is 2.99. The number of halogens is 1. The van der Waals surface area contributed by atoms with Crippen molar-refractivity contribution in [3.8, 4) is 11.1 Å². The molecule has 2 aromatic carbocycles. The lowest BCUT2D eigenvalue weighted by Crippen LogP contribution is -2.16. The summed E-state index contributed by atoms with van der Waals surface area (Å²) in [4.78, 5) is 0. The van der Waals surface area contributed by atoms with E-state index in [4.69, 9.17) is 0 Å². The van der Waals surface area contributed by atoms with E-state index in [-0.39, 0.29) is 5.41 Å². The van der Waals surface area contributed by atoms with E-state index in [0.717, 1.165) is 27.6 Å². The van der Waals surface area contributed by atoms with E-state index in [1.54, 1.807) is 0 Å². The molecule has 1 heterocycles. The molecule has 0 N–H and O–H groups in total. The standard InChI is InChI=1S/C17H18BrN3/c1-17(2,3)11-21-14-10-9-13(12-7-5-4-6-8-12)15(18)16(14)19-20-21/h4-10H,11H2,1-3H3. The second-order valence-electron chi connectivity index (χ2n) is 6.47. The van der Waals surface area contributed by atoms with Crippen molar-refractivity contribution in [2.24, 2.45) is 5.41 Å². The molecule has 4 heteroatoms. The predicted molar refractivity (Wildman–Crippen MR) is 90.1 cm³/mol. The normalized spacial score (nSPS) is 12.0. The number of hydrogen-bond acceptors (Lipinski definition) is 2. The van der Waals surface area contributed by atoms with Crippen LogP contribution in [0.1, 0.15) is 20.8 Å². The van der Waals surface area contributed by atoms with Crippen molar-refractivity contribution in [3.63, 3.8) is 0 Å². The van der Waals surface area contributed by atoms with Crippen LogP contribution in [-0.2, 0) is 6.54 Å². The lowest BCUT2D eigenvalue weighted by molar-refractivity contribution is 0.327. The maximum absolute atomic E-state index is 4.35. The van der Waals surface area contributed by atoms with Gasteiger partial charge in [-0.3, -0.25) is 0 Å². The Morgan fingerprint density at radius 3 is 2.43 bits per heavy atom. The Labute approximate surface area is 133 Å².